The first kappa shape index (κ1) is 15.8. The predicted octanol–water partition coefficient (Wildman–Crippen LogP) is 4.29. The summed E-state index contributed by atoms with van der Waals surface area (Å²) in [4.78, 5) is 24.8. The van der Waals surface area contributed by atoms with Gasteiger partial charge in [-0.1, -0.05) is 6.07 Å². The van der Waals surface area contributed by atoms with Crippen LogP contribution in [0.3, 0.4) is 0 Å². The first-order valence-corrected chi connectivity index (χ1v) is 8.47. The highest BCUT2D eigenvalue weighted by Crippen LogP contribution is 2.35. The van der Waals surface area contributed by atoms with E-state index in [2.05, 4.69) is 0 Å². The van der Waals surface area contributed by atoms with E-state index in [9.17, 15) is 9.59 Å². The fourth-order valence-corrected chi connectivity index (χ4v) is 2.91. The maximum Gasteiger partial charge on any atom is 0.311 e. The van der Waals surface area contributed by atoms with Crippen molar-refractivity contribution in [2.75, 3.05) is 5.88 Å². The highest BCUT2D eigenvalue weighted by atomic mass is 35.5. The van der Waals surface area contributed by atoms with E-state index in [1.807, 2.05) is 17.5 Å². The van der Waals surface area contributed by atoms with Gasteiger partial charge in [0.25, 0.3) is 0 Å². The number of ketones is 1. The van der Waals surface area contributed by atoms with Gasteiger partial charge in [0.2, 0.25) is 5.78 Å². The van der Waals surface area contributed by atoms with Crippen LogP contribution in [0.25, 0.3) is 6.08 Å². The van der Waals surface area contributed by atoms with Gasteiger partial charge in [0.05, 0.1) is 5.56 Å². The van der Waals surface area contributed by atoms with E-state index >= 15 is 0 Å². The van der Waals surface area contributed by atoms with Crippen LogP contribution in [0.5, 0.6) is 11.5 Å². The zero-order chi connectivity index (χ0) is 16.2. The molecule has 2 heterocycles. The summed E-state index contributed by atoms with van der Waals surface area (Å²) < 4.78 is 10.8. The highest BCUT2D eigenvalue weighted by Gasteiger charge is 2.28. The maximum atomic E-state index is 12.3. The summed E-state index contributed by atoms with van der Waals surface area (Å²) >= 11 is 7.07. The molecule has 0 atom stereocenters. The van der Waals surface area contributed by atoms with Crippen molar-refractivity contribution in [3.63, 3.8) is 0 Å². The highest BCUT2D eigenvalue weighted by molar-refractivity contribution is 7.10. The van der Waals surface area contributed by atoms with Crippen molar-refractivity contribution in [3.05, 3.63) is 51.9 Å². The molecule has 6 heteroatoms. The molecule has 23 heavy (non-hydrogen) atoms. The van der Waals surface area contributed by atoms with Gasteiger partial charge >= 0.3 is 5.97 Å². The van der Waals surface area contributed by atoms with Crippen LogP contribution in [-0.2, 0) is 4.79 Å². The number of esters is 1. The lowest BCUT2D eigenvalue weighted by molar-refractivity contribution is -0.134. The molecule has 1 aliphatic heterocycles. The minimum atomic E-state index is -0.357. The molecule has 118 valence electrons. The Hall–Kier alpha value is -2.11. The van der Waals surface area contributed by atoms with Crippen molar-refractivity contribution >= 4 is 40.8 Å². The van der Waals surface area contributed by atoms with E-state index in [1.165, 1.54) is 11.3 Å². The number of alkyl halides is 1. The number of allylic oxidation sites excluding steroid dienone is 1. The van der Waals surface area contributed by atoms with Crippen molar-refractivity contribution in [3.8, 4) is 11.5 Å². The van der Waals surface area contributed by atoms with Crippen LogP contribution in [0.2, 0.25) is 0 Å². The lowest BCUT2D eigenvalue weighted by Crippen LogP contribution is -2.07. The molecule has 0 spiro atoms. The topological polar surface area (TPSA) is 52.6 Å². The van der Waals surface area contributed by atoms with Crippen LogP contribution >= 0.6 is 22.9 Å². The summed E-state index contributed by atoms with van der Waals surface area (Å²) in [6, 6.07) is 8.56. The molecule has 0 saturated carbocycles. The van der Waals surface area contributed by atoms with Crippen LogP contribution in [0.1, 0.15) is 28.1 Å². The maximum absolute atomic E-state index is 12.3. The lowest BCUT2D eigenvalue weighted by Gasteiger charge is -2.04. The Bertz CT molecular complexity index is 765. The number of carbonyl (C=O) groups excluding carboxylic acids is 2. The molecule has 3 rings (SSSR count). The van der Waals surface area contributed by atoms with Crippen LogP contribution in [0.15, 0.2) is 41.5 Å². The lowest BCUT2D eigenvalue weighted by atomic mass is 10.1. The Labute approximate surface area is 142 Å². The summed E-state index contributed by atoms with van der Waals surface area (Å²) in [5.41, 5.74) is 0.466. The van der Waals surface area contributed by atoms with Crippen molar-refractivity contribution in [2.24, 2.45) is 0 Å². The Morgan fingerprint density at radius 2 is 2.22 bits per heavy atom. The van der Waals surface area contributed by atoms with Crippen molar-refractivity contribution in [1.82, 2.24) is 0 Å². The smallest absolute Gasteiger partial charge is 0.311 e. The standard InChI is InChI=1S/C17H13ClO4S/c18-7-1-4-16(19)21-11-5-6-13-14(9-11)22-15(17(13)20)10-12-3-2-8-23-12/h2-3,5-6,8-10H,1,4,7H2/b15-10-. The van der Waals surface area contributed by atoms with Gasteiger partial charge < -0.3 is 9.47 Å². The molecule has 0 amide bonds. The van der Waals surface area contributed by atoms with Gasteiger partial charge in [-0.05, 0) is 30.0 Å². The monoisotopic (exact) mass is 348 g/mol. The molecule has 0 bridgehead atoms. The summed E-state index contributed by atoms with van der Waals surface area (Å²) in [5.74, 6) is 0.910. The molecule has 0 unspecified atom stereocenters. The molecule has 0 fully saturated rings. The van der Waals surface area contributed by atoms with Crippen molar-refractivity contribution < 1.29 is 19.1 Å². The fourth-order valence-electron chi connectivity index (χ4n) is 2.13. The van der Waals surface area contributed by atoms with E-state index in [0.29, 0.717) is 29.4 Å². The molecule has 0 saturated heterocycles. The Morgan fingerprint density at radius 1 is 1.35 bits per heavy atom. The average molecular weight is 349 g/mol. The van der Waals surface area contributed by atoms with Crippen molar-refractivity contribution in [1.29, 1.82) is 0 Å². The molecule has 1 aromatic heterocycles. The van der Waals surface area contributed by atoms with E-state index in [-0.39, 0.29) is 23.9 Å². The average Bonchev–Trinajstić information content (AvgIpc) is 3.14. The summed E-state index contributed by atoms with van der Waals surface area (Å²) in [6.07, 6.45) is 2.52. The second kappa shape index (κ2) is 6.98. The zero-order valence-electron chi connectivity index (χ0n) is 12.1. The number of fused-ring (bicyclic) bond motifs is 1. The van der Waals surface area contributed by atoms with Crippen LogP contribution in [0, 0.1) is 0 Å². The van der Waals surface area contributed by atoms with E-state index in [1.54, 1.807) is 24.3 Å². The zero-order valence-corrected chi connectivity index (χ0v) is 13.7. The fraction of sp³-hybridized carbons (Fsp3) is 0.176. The van der Waals surface area contributed by atoms with Gasteiger partial charge in [0, 0.05) is 29.3 Å². The van der Waals surface area contributed by atoms with E-state index in [4.69, 9.17) is 21.1 Å². The quantitative estimate of drug-likeness (QED) is 0.350. The minimum Gasteiger partial charge on any atom is -0.452 e. The largest absolute Gasteiger partial charge is 0.452 e. The summed E-state index contributed by atoms with van der Waals surface area (Å²) in [7, 11) is 0. The molecule has 1 aromatic carbocycles. The molecular formula is C17H13ClO4S. The summed E-state index contributed by atoms with van der Waals surface area (Å²) in [6.45, 7) is 0. The number of benzene rings is 1. The van der Waals surface area contributed by atoms with Gasteiger partial charge in [0.1, 0.15) is 11.5 Å². The molecule has 1 aliphatic rings. The van der Waals surface area contributed by atoms with Crippen LogP contribution < -0.4 is 9.47 Å². The number of Topliss-reactive ketones (excluding diaryl/α,β-unsaturated/α-hetero) is 1. The van der Waals surface area contributed by atoms with Crippen molar-refractivity contribution in [2.45, 2.75) is 12.8 Å². The third kappa shape index (κ3) is 3.63. The second-order valence-electron chi connectivity index (χ2n) is 4.88. The number of rotatable bonds is 5. The number of hydrogen-bond donors (Lipinski definition) is 0. The summed E-state index contributed by atoms with van der Waals surface area (Å²) in [5, 5.41) is 1.93. The molecule has 0 radical (unpaired) electrons. The number of hydrogen-bond acceptors (Lipinski definition) is 5. The third-order valence-electron chi connectivity index (χ3n) is 3.20. The van der Waals surface area contributed by atoms with Gasteiger partial charge in [-0.15, -0.1) is 22.9 Å². The van der Waals surface area contributed by atoms with Gasteiger partial charge in [-0.2, -0.15) is 0 Å². The van der Waals surface area contributed by atoms with Gasteiger partial charge in [-0.3, -0.25) is 9.59 Å². The predicted molar refractivity (Wildman–Crippen MR) is 89.3 cm³/mol. The number of halogens is 1. The Balaban J connectivity index is 1.76. The molecule has 0 N–H and O–H groups in total. The normalized spacial score (nSPS) is 14.7. The SMILES string of the molecule is O=C(CCCCl)Oc1ccc2c(c1)O/C(=C\c1cccs1)C2=O. The number of carbonyl (C=O) groups is 2. The Morgan fingerprint density at radius 3 is 2.96 bits per heavy atom. The second-order valence-corrected chi connectivity index (χ2v) is 6.24. The molecule has 2 aromatic rings. The molecule has 0 aliphatic carbocycles. The van der Waals surface area contributed by atoms with Gasteiger partial charge in [-0.25, -0.2) is 0 Å². The van der Waals surface area contributed by atoms with E-state index in [0.717, 1.165) is 4.88 Å². The first-order valence-electron chi connectivity index (χ1n) is 7.06. The molecular weight excluding hydrogens is 336 g/mol. The number of thiophene rings is 1. The molecule has 4 nitrogen and oxygen atoms in total. The van der Waals surface area contributed by atoms with Crippen LogP contribution in [-0.4, -0.2) is 17.6 Å². The first-order chi connectivity index (χ1) is 11.2. The van der Waals surface area contributed by atoms with Gasteiger partial charge in [0.15, 0.2) is 5.76 Å². The van der Waals surface area contributed by atoms with E-state index < -0.39 is 0 Å². The van der Waals surface area contributed by atoms with Crippen LogP contribution in [0.4, 0.5) is 0 Å². The number of ether oxygens (including phenoxy) is 2. The Kier molecular flexibility index (Phi) is 4.79. The minimum absolute atomic E-state index is 0.173. The third-order valence-corrected chi connectivity index (χ3v) is 4.29.